The molecule has 0 fully saturated rings. The number of carbonyl (C=O) groups excluding carboxylic acids is 1. The Balaban J connectivity index is 1.67. The van der Waals surface area contributed by atoms with Crippen LogP contribution in [0.15, 0.2) is 28.5 Å². The topological polar surface area (TPSA) is 98.7 Å². The highest BCUT2D eigenvalue weighted by Gasteiger charge is 2.22. The summed E-state index contributed by atoms with van der Waals surface area (Å²) in [5.41, 5.74) is 11.2. The van der Waals surface area contributed by atoms with Gasteiger partial charge >= 0.3 is 0 Å². The van der Waals surface area contributed by atoms with Crippen molar-refractivity contribution in [3.8, 4) is 0 Å². The summed E-state index contributed by atoms with van der Waals surface area (Å²) >= 11 is 1.65. The number of nitrogen functional groups attached to an aromatic ring is 1. The SMILES string of the molecule is CCc1cc2c(cc1Sc1nc3c(N)ncnc3n1CCNC(=O)C(C)(C)C)CCC2. The van der Waals surface area contributed by atoms with E-state index in [1.54, 1.807) is 11.8 Å². The molecule has 0 bridgehead atoms. The van der Waals surface area contributed by atoms with Crippen LogP contribution in [0.1, 0.15) is 50.8 Å². The Hall–Kier alpha value is -2.61. The fourth-order valence-electron chi connectivity index (χ4n) is 3.88. The second kappa shape index (κ2) is 8.49. The Morgan fingerprint density at radius 3 is 2.68 bits per heavy atom. The van der Waals surface area contributed by atoms with E-state index >= 15 is 0 Å². The molecule has 0 spiro atoms. The first-order chi connectivity index (χ1) is 14.8. The first-order valence-corrected chi connectivity index (χ1v) is 11.7. The fraction of sp³-hybridized carbons (Fsp3) is 0.478. The van der Waals surface area contributed by atoms with Crippen molar-refractivity contribution >= 4 is 34.7 Å². The lowest BCUT2D eigenvalue weighted by molar-refractivity contribution is -0.128. The summed E-state index contributed by atoms with van der Waals surface area (Å²) in [5, 5.41) is 3.84. The summed E-state index contributed by atoms with van der Waals surface area (Å²) in [6, 6.07) is 4.68. The minimum absolute atomic E-state index is 0.0205. The predicted octanol–water partition coefficient (Wildman–Crippen LogP) is 3.77. The molecule has 1 aromatic carbocycles. The molecular formula is C23H30N6OS. The van der Waals surface area contributed by atoms with Crippen molar-refractivity contribution in [3.05, 3.63) is 35.2 Å². The van der Waals surface area contributed by atoms with Gasteiger partial charge in [-0.25, -0.2) is 15.0 Å². The summed E-state index contributed by atoms with van der Waals surface area (Å²) in [6.07, 6.45) is 5.97. The number of nitrogens with zero attached hydrogens (tertiary/aromatic N) is 4. The van der Waals surface area contributed by atoms with Crippen molar-refractivity contribution in [1.82, 2.24) is 24.8 Å². The molecule has 4 rings (SSSR count). The Kier molecular flexibility index (Phi) is 5.92. The average molecular weight is 439 g/mol. The maximum atomic E-state index is 12.3. The molecule has 2 heterocycles. The number of rotatable bonds is 6. The standard InChI is InChI=1S/C23H30N6OS/c1-5-14-11-15-7-6-8-16(15)12-17(14)31-22-28-18-19(24)26-13-27-20(18)29(22)10-9-25-21(30)23(2,3)4/h11-13H,5-10H2,1-4H3,(H,25,30)(H2,24,26,27). The van der Waals surface area contributed by atoms with Crippen LogP contribution >= 0.6 is 11.8 Å². The number of fused-ring (bicyclic) bond motifs is 2. The number of aryl methyl sites for hydroxylation is 3. The van der Waals surface area contributed by atoms with Crippen molar-refractivity contribution in [3.63, 3.8) is 0 Å². The second-order valence-electron chi connectivity index (χ2n) is 9.02. The van der Waals surface area contributed by atoms with Gasteiger partial charge in [-0.15, -0.1) is 0 Å². The molecule has 8 heteroatoms. The average Bonchev–Trinajstić information content (AvgIpc) is 3.31. The van der Waals surface area contributed by atoms with E-state index in [9.17, 15) is 4.79 Å². The number of imidazole rings is 1. The third kappa shape index (κ3) is 4.39. The van der Waals surface area contributed by atoms with E-state index in [4.69, 9.17) is 10.7 Å². The van der Waals surface area contributed by atoms with E-state index in [-0.39, 0.29) is 5.91 Å². The lowest BCUT2D eigenvalue weighted by Gasteiger charge is -2.18. The van der Waals surface area contributed by atoms with Gasteiger partial charge in [-0.2, -0.15) is 0 Å². The molecule has 7 nitrogen and oxygen atoms in total. The maximum absolute atomic E-state index is 12.3. The van der Waals surface area contributed by atoms with E-state index in [1.165, 1.54) is 40.8 Å². The maximum Gasteiger partial charge on any atom is 0.225 e. The van der Waals surface area contributed by atoms with E-state index in [2.05, 4.69) is 34.3 Å². The van der Waals surface area contributed by atoms with Crippen LogP contribution in [-0.4, -0.2) is 32.0 Å². The fourth-order valence-corrected chi connectivity index (χ4v) is 5.04. The molecular weight excluding hydrogens is 408 g/mol. The number of carbonyl (C=O) groups is 1. The number of aromatic nitrogens is 4. The highest BCUT2D eigenvalue weighted by atomic mass is 32.2. The van der Waals surface area contributed by atoms with Crippen molar-refractivity contribution < 1.29 is 4.79 Å². The van der Waals surface area contributed by atoms with Crippen LogP contribution in [0.25, 0.3) is 11.2 Å². The Bertz CT molecular complexity index is 1130. The van der Waals surface area contributed by atoms with Crippen LogP contribution < -0.4 is 11.1 Å². The summed E-state index contributed by atoms with van der Waals surface area (Å²) in [4.78, 5) is 26.8. The quantitative estimate of drug-likeness (QED) is 0.608. The zero-order chi connectivity index (χ0) is 22.2. The number of nitrogens with one attached hydrogen (secondary N) is 1. The van der Waals surface area contributed by atoms with Gasteiger partial charge < -0.3 is 15.6 Å². The molecule has 0 radical (unpaired) electrons. The zero-order valence-electron chi connectivity index (χ0n) is 18.7. The number of hydrogen-bond donors (Lipinski definition) is 2. The van der Waals surface area contributed by atoms with E-state index in [1.807, 2.05) is 25.3 Å². The summed E-state index contributed by atoms with van der Waals surface area (Å²) in [6.45, 7) is 8.96. The molecule has 2 aromatic heterocycles. The van der Waals surface area contributed by atoms with Crippen molar-refractivity contribution in [1.29, 1.82) is 0 Å². The number of amides is 1. The highest BCUT2D eigenvalue weighted by molar-refractivity contribution is 7.99. The minimum Gasteiger partial charge on any atom is -0.382 e. The molecule has 164 valence electrons. The first kappa shape index (κ1) is 21.6. The largest absolute Gasteiger partial charge is 0.382 e. The van der Waals surface area contributed by atoms with Gasteiger partial charge in [0, 0.05) is 23.4 Å². The van der Waals surface area contributed by atoms with Crippen LogP contribution in [0.3, 0.4) is 0 Å². The van der Waals surface area contributed by atoms with Gasteiger partial charge in [-0.1, -0.05) is 45.5 Å². The molecule has 0 saturated heterocycles. The summed E-state index contributed by atoms with van der Waals surface area (Å²) in [7, 11) is 0. The molecule has 1 amide bonds. The monoisotopic (exact) mass is 438 g/mol. The Morgan fingerprint density at radius 2 is 1.97 bits per heavy atom. The van der Waals surface area contributed by atoms with Gasteiger partial charge in [-0.05, 0) is 48.4 Å². The molecule has 1 aliphatic rings. The van der Waals surface area contributed by atoms with Gasteiger partial charge in [0.15, 0.2) is 22.1 Å². The molecule has 0 aliphatic heterocycles. The van der Waals surface area contributed by atoms with E-state index < -0.39 is 5.41 Å². The van der Waals surface area contributed by atoms with Crippen LogP contribution in [-0.2, 0) is 30.6 Å². The smallest absolute Gasteiger partial charge is 0.225 e. The van der Waals surface area contributed by atoms with Crippen LogP contribution in [0.2, 0.25) is 0 Å². The molecule has 1 aliphatic carbocycles. The molecule has 0 unspecified atom stereocenters. The molecule has 31 heavy (non-hydrogen) atoms. The third-order valence-electron chi connectivity index (χ3n) is 5.68. The zero-order valence-corrected chi connectivity index (χ0v) is 19.5. The Labute approximate surface area is 187 Å². The first-order valence-electron chi connectivity index (χ1n) is 10.9. The van der Waals surface area contributed by atoms with Crippen molar-refractivity contribution in [2.45, 2.75) is 70.0 Å². The number of anilines is 1. The van der Waals surface area contributed by atoms with Crippen LogP contribution in [0, 0.1) is 5.41 Å². The summed E-state index contributed by atoms with van der Waals surface area (Å²) < 4.78 is 2.04. The predicted molar refractivity (Wildman–Crippen MR) is 124 cm³/mol. The van der Waals surface area contributed by atoms with Gasteiger partial charge in [-0.3, -0.25) is 4.79 Å². The highest BCUT2D eigenvalue weighted by Crippen LogP contribution is 2.36. The minimum atomic E-state index is -0.429. The third-order valence-corrected chi connectivity index (χ3v) is 6.78. The second-order valence-corrected chi connectivity index (χ2v) is 10.0. The van der Waals surface area contributed by atoms with Gasteiger partial charge in [0.1, 0.15) is 6.33 Å². The number of benzene rings is 1. The van der Waals surface area contributed by atoms with E-state index in [0.29, 0.717) is 30.1 Å². The lowest BCUT2D eigenvalue weighted by atomic mass is 9.96. The Morgan fingerprint density at radius 1 is 1.23 bits per heavy atom. The molecule has 3 aromatic rings. The lowest BCUT2D eigenvalue weighted by Crippen LogP contribution is -2.36. The van der Waals surface area contributed by atoms with Crippen LogP contribution in [0.4, 0.5) is 5.82 Å². The number of nitrogens with two attached hydrogens (primary N) is 1. The molecule has 3 N–H and O–H groups in total. The van der Waals surface area contributed by atoms with E-state index in [0.717, 1.165) is 18.0 Å². The molecule has 0 saturated carbocycles. The normalized spacial score (nSPS) is 13.5. The van der Waals surface area contributed by atoms with Gasteiger partial charge in [0.25, 0.3) is 0 Å². The van der Waals surface area contributed by atoms with Crippen molar-refractivity contribution in [2.24, 2.45) is 5.41 Å². The van der Waals surface area contributed by atoms with Gasteiger partial charge in [0.05, 0.1) is 0 Å². The number of hydrogen-bond acceptors (Lipinski definition) is 6. The van der Waals surface area contributed by atoms with Crippen molar-refractivity contribution in [2.75, 3.05) is 12.3 Å². The van der Waals surface area contributed by atoms with Gasteiger partial charge in [0.2, 0.25) is 5.91 Å². The summed E-state index contributed by atoms with van der Waals surface area (Å²) in [5.74, 6) is 0.390. The molecule has 0 atom stereocenters. The van der Waals surface area contributed by atoms with Crippen LogP contribution in [0.5, 0.6) is 0 Å².